The minimum Gasteiger partial charge on any atom is -0.505 e. The monoisotopic (exact) mass is 704 g/mol. The Balaban J connectivity index is 1.09. The first-order valence-corrected chi connectivity index (χ1v) is 16.3. The lowest BCUT2D eigenvalue weighted by Gasteiger charge is -2.09. The number of amides is 2. The maximum Gasteiger partial charge on any atom is 0.312 e. The van der Waals surface area contributed by atoms with Crippen LogP contribution in [0.3, 0.4) is 0 Å². The largest absolute Gasteiger partial charge is 0.505 e. The van der Waals surface area contributed by atoms with Gasteiger partial charge in [-0.2, -0.15) is 25.6 Å². The van der Waals surface area contributed by atoms with Crippen molar-refractivity contribution < 1.29 is 24.6 Å². The van der Waals surface area contributed by atoms with Gasteiger partial charge in [0.05, 0.1) is 28.4 Å². The zero-order valence-corrected chi connectivity index (χ0v) is 28.6. The molecule has 2 amide bonds. The minimum absolute atomic E-state index is 0.0583. The van der Waals surface area contributed by atoms with Crippen molar-refractivity contribution >= 4 is 74.1 Å². The number of aliphatic carboxylic acids is 1. The Morgan fingerprint density at radius 2 is 1.11 bits per heavy atom. The molecule has 6 aromatic rings. The number of phenolic OH excluding ortho intramolecular Hbond substituents is 1. The molecule has 0 aliphatic carbocycles. The number of rotatable bonds is 11. The van der Waals surface area contributed by atoms with E-state index in [1.54, 1.807) is 30.3 Å². The van der Waals surface area contributed by atoms with Gasteiger partial charge in [-0.15, -0.1) is 5.11 Å². The highest BCUT2D eigenvalue weighted by atomic mass is 16.4. The molecule has 0 atom stereocenters. The summed E-state index contributed by atoms with van der Waals surface area (Å²) in [4.78, 5) is 35.2. The fraction of sp³-hybridized carbons (Fsp3) is 0.0750. The Morgan fingerprint density at radius 1 is 0.566 bits per heavy atom. The number of hydrogen-bond acceptors (Lipinski definition) is 10. The number of phenols is 1. The Labute approximate surface area is 303 Å². The molecule has 262 valence electrons. The van der Waals surface area contributed by atoms with E-state index in [4.69, 9.17) is 5.11 Å². The van der Waals surface area contributed by atoms with Crippen molar-refractivity contribution in [2.24, 2.45) is 30.7 Å². The van der Waals surface area contributed by atoms with E-state index in [0.717, 1.165) is 16.8 Å². The molecule has 0 fully saturated rings. The molecule has 0 aromatic heterocycles. The van der Waals surface area contributed by atoms with Gasteiger partial charge in [0.15, 0.2) is 5.75 Å². The van der Waals surface area contributed by atoms with Gasteiger partial charge in [-0.05, 0) is 127 Å². The number of azo groups is 3. The third-order valence-electron chi connectivity index (χ3n) is 7.91. The molecule has 13 heteroatoms. The van der Waals surface area contributed by atoms with E-state index in [2.05, 4.69) is 41.3 Å². The van der Waals surface area contributed by atoms with Crippen LogP contribution in [0.15, 0.2) is 152 Å². The van der Waals surface area contributed by atoms with Crippen molar-refractivity contribution in [1.29, 1.82) is 0 Å². The minimum atomic E-state index is -1.24. The van der Waals surface area contributed by atoms with E-state index in [1.165, 1.54) is 24.3 Å². The molecule has 4 N–H and O–H groups in total. The molecule has 0 spiro atoms. The molecule has 13 nitrogen and oxygen atoms in total. The molecule has 0 bridgehead atoms. The molecule has 0 radical (unpaired) electrons. The number of benzene rings is 6. The van der Waals surface area contributed by atoms with Crippen molar-refractivity contribution in [3.63, 3.8) is 0 Å². The number of nitrogens with zero attached hydrogens (tertiary/aromatic N) is 6. The third-order valence-corrected chi connectivity index (χ3v) is 7.91. The summed E-state index contributed by atoms with van der Waals surface area (Å²) < 4.78 is 0. The predicted octanol–water partition coefficient (Wildman–Crippen LogP) is 11.1. The highest BCUT2D eigenvalue weighted by Gasteiger charge is 2.12. The van der Waals surface area contributed by atoms with Gasteiger partial charge in [0.25, 0.3) is 5.91 Å². The summed E-state index contributed by atoms with van der Waals surface area (Å²) in [5, 5.41) is 52.2. The fourth-order valence-electron chi connectivity index (χ4n) is 5.13. The summed E-state index contributed by atoms with van der Waals surface area (Å²) in [5.74, 6) is -2.35. The molecule has 0 aliphatic heterocycles. The van der Waals surface area contributed by atoms with Gasteiger partial charge in [-0.1, -0.05) is 24.3 Å². The van der Waals surface area contributed by atoms with Crippen LogP contribution in [-0.4, -0.2) is 28.0 Å². The van der Waals surface area contributed by atoms with Crippen LogP contribution in [-0.2, 0) is 9.59 Å². The number of anilines is 2. The Morgan fingerprint density at radius 3 is 1.74 bits per heavy atom. The Hall–Kier alpha value is -7.41. The van der Waals surface area contributed by atoms with Crippen LogP contribution in [0.4, 0.5) is 45.5 Å². The second-order valence-corrected chi connectivity index (χ2v) is 11.9. The SMILES string of the molecule is Cc1cc(N=Nc2ccc3cc(NC(=O)c4ccc(NC(=O)CC(=O)O)cc4)ccc3c2O)c(C)cc1N=Nc1ccc(N=Nc2ccccc2)cc1. The zero-order chi connectivity index (χ0) is 37.3. The molecule has 0 aliphatic rings. The van der Waals surface area contributed by atoms with Crippen molar-refractivity contribution in [1.82, 2.24) is 0 Å². The van der Waals surface area contributed by atoms with Crippen molar-refractivity contribution in [3.8, 4) is 5.75 Å². The van der Waals surface area contributed by atoms with Gasteiger partial charge in [-0.25, -0.2) is 0 Å². The van der Waals surface area contributed by atoms with Gasteiger partial charge in [0, 0.05) is 22.3 Å². The van der Waals surface area contributed by atoms with Crippen LogP contribution in [0, 0.1) is 13.8 Å². The number of carboxylic acids is 1. The second kappa shape index (κ2) is 16.1. The smallest absolute Gasteiger partial charge is 0.312 e. The number of hydrogen-bond donors (Lipinski definition) is 4. The van der Waals surface area contributed by atoms with E-state index < -0.39 is 24.2 Å². The molecule has 6 aromatic carbocycles. The predicted molar refractivity (Wildman–Crippen MR) is 202 cm³/mol. The van der Waals surface area contributed by atoms with Crippen LogP contribution in [0.1, 0.15) is 27.9 Å². The number of carbonyl (C=O) groups is 3. The maximum absolute atomic E-state index is 12.8. The van der Waals surface area contributed by atoms with Gasteiger partial charge in [0.2, 0.25) is 5.91 Å². The number of fused-ring (bicyclic) bond motifs is 1. The average molecular weight is 705 g/mol. The van der Waals surface area contributed by atoms with E-state index in [1.807, 2.05) is 80.6 Å². The number of carboxylic acid groups (broad SMARTS) is 1. The van der Waals surface area contributed by atoms with Crippen LogP contribution in [0.25, 0.3) is 10.8 Å². The summed E-state index contributed by atoms with van der Waals surface area (Å²) in [5.41, 5.74) is 6.58. The van der Waals surface area contributed by atoms with E-state index in [9.17, 15) is 19.5 Å². The third kappa shape index (κ3) is 9.23. The number of carbonyl (C=O) groups excluding carboxylic acids is 2. The standard InChI is InChI=1S/C40H32N8O5/c1-24-21-36(25(2)20-35(24)47-45-31-15-13-30(14-16-31)44-43-29-6-4-3-5-7-29)48-46-34-19-10-27-22-32(17-18-33(27)39(34)52)42-40(53)26-8-11-28(12-9-26)41-37(49)23-38(50)51/h3-22,52H,23H2,1-2H3,(H,41,49)(H,42,53)(H,50,51). The van der Waals surface area contributed by atoms with Gasteiger partial charge in [0.1, 0.15) is 12.1 Å². The van der Waals surface area contributed by atoms with Gasteiger partial charge >= 0.3 is 5.97 Å². The summed E-state index contributed by atoms with van der Waals surface area (Å²) in [6, 6.07) is 35.0. The first kappa shape index (κ1) is 35.4. The van der Waals surface area contributed by atoms with E-state index in [0.29, 0.717) is 50.5 Å². The van der Waals surface area contributed by atoms with Crippen LogP contribution < -0.4 is 10.6 Å². The van der Waals surface area contributed by atoms with Crippen LogP contribution in [0.2, 0.25) is 0 Å². The van der Waals surface area contributed by atoms with Crippen molar-refractivity contribution in [2.75, 3.05) is 10.6 Å². The maximum atomic E-state index is 12.8. The van der Waals surface area contributed by atoms with Crippen LogP contribution >= 0.6 is 0 Å². The molecule has 53 heavy (non-hydrogen) atoms. The average Bonchev–Trinajstić information content (AvgIpc) is 3.15. The highest BCUT2D eigenvalue weighted by molar-refractivity contribution is 6.06. The fourth-order valence-corrected chi connectivity index (χ4v) is 5.13. The molecular formula is C40H32N8O5. The number of nitrogens with one attached hydrogen (secondary N) is 2. The normalized spacial score (nSPS) is 11.4. The van der Waals surface area contributed by atoms with E-state index >= 15 is 0 Å². The zero-order valence-electron chi connectivity index (χ0n) is 28.6. The van der Waals surface area contributed by atoms with Gasteiger partial charge in [-0.3, -0.25) is 14.4 Å². The van der Waals surface area contributed by atoms with Crippen LogP contribution in [0.5, 0.6) is 5.75 Å². The topological polar surface area (TPSA) is 190 Å². The molecule has 0 saturated carbocycles. The number of aromatic hydroxyl groups is 1. The first-order valence-electron chi connectivity index (χ1n) is 16.3. The summed E-state index contributed by atoms with van der Waals surface area (Å²) in [7, 11) is 0. The Bertz CT molecular complexity index is 2410. The molecule has 0 saturated heterocycles. The van der Waals surface area contributed by atoms with Crippen molar-refractivity contribution in [2.45, 2.75) is 20.3 Å². The summed E-state index contributed by atoms with van der Waals surface area (Å²) in [6.45, 7) is 3.80. The molecular weight excluding hydrogens is 672 g/mol. The molecule has 6 rings (SSSR count). The summed E-state index contributed by atoms with van der Waals surface area (Å²) >= 11 is 0. The lowest BCUT2D eigenvalue weighted by molar-refractivity contribution is -0.139. The van der Waals surface area contributed by atoms with Crippen molar-refractivity contribution in [3.05, 3.63) is 138 Å². The highest BCUT2D eigenvalue weighted by Crippen LogP contribution is 2.38. The second-order valence-electron chi connectivity index (χ2n) is 11.9. The lowest BCUT2D eigenvalue weighted by atomic mass is 10.1. The number of aryl methyl sites for hydroxylation is 2. The van der Waals surface area contributed by atoms with Gasteiger partial charge < -0.3 is 20.8 Å². The first-order chi connectivity index (χ1) is 25.6. The Kier molecular flexibility index (Phi) is 10.7. The summed E-state index contributed by atoms with van der Waals surface area (Å²) in [6.07, 6.45) is -0.657. The molecule has 0 unspecified atom stereocenters. The molecule has 0 heterocycles. The lowest BCUT2D eigenvalue weighted by Crippen LogP contribution is -2.16. The van der Waals surface area contributed by atoms with E-state index in [-0.39, 0.29) is 11.4 Å². The quantitative estimate of drug-likeness (QED) is 0.0769.